The summed E-state index contributed by atoms with van der Waals surface area (Å²) in [6.07, 6.45) is -0.473. The fraction of sp³-hybridized carbons (Fsp3) is 0.455. The van der Waals surface area contributed by atoms with E-state index in [1.807, 2.05) is 12.1 Å². The van der Waals surface area contributed by atoms with E-state index in [9.17, 15) is 9.59 Å². The van der Waals surface area contributed by atoms with Crippen molar-refractivity contribution >= 4 is 23.4 Å². The van der Waals surface area contributed by atoms with Crippen molar-refractivity contribution in [3.05, 3.63) is 21.9 Å². The number of primary amides is 1. The van der Waals surface area contributed by atoms with E-state index in [-0.39, 0.29) is 12.6 Å². The minimum absolute atomic E-state index is 0.244. The second kappa shape index (κ2) is 7.67. The van der Waals surface area contributed by atoms with Gasteiger partial charge in [-0.15, -0.1) is 11.3 Å². The van der Waals surface area contributed by atoms with Crippen molar-refractivity contribution in [2.45, 2.75) is 13.0 Å². The van der Waals surface area contributed by atoms with Gasteiger partial charge in [0, 0.05) is 22.8 Å². The normalized spacial score (nSPS) is 10.1. The van der Waals surface area contributed by atoms with E-state index in [1.54, 1.807) is 11.3 Å². The molecule has 0 unspecified atom stereocenters. The van der Waals surface area contributed by atoms with Gasteiger partial charge < -0.3 is 20.5 Å². The molecule has 0 spiro atoms. The molecular formula is C11H16N2O4S. The van der Waals surface area contributed by atoms with E-state index in [0.29, 0.717) is 19.5 Å². The Hall–Kier alpha value is -1.60. The third kappa shape index (κ3) is 5.65. The van der Waals surface area contributed by atoms with E-state index in [0.717, 1.165) is 9.75 Å². The molecule has 0 fully saturated rings. The number of thiophene rings is 1. The lowest BCUT2D eigenvalue weighted by Crippen LogP contribution is -2.22. The summed E-state index contributed by atoms with van der Waals surface area (Å²) in [5.41, 5.74) is 4.82. The summed E-state index contributed by atoms with van der Waals surface area (Å²) < 4.78 is 9.16. The monoisotopic (exact) mass is 272 g/mol. The molecule has 0 aromatic carbocycles. The van der Waals surface area contributed by atoms with Crippen molar-refractivity contribution in [1.82, 2.24) is 5.32 Å². The molecule has 18 heavy (non-hydrogen) atoms. The minimum atomic E-state index is -0.770. The van der Waals surface area contributed by atoms with Crippen molar-refractivity contribution < 1.29 is 19.1 Å². The summed E-state index contributed by atoms with van der Waals surface area (Å²) >= 11 is 1.55. The highest BCUT2D eigenvalue weighted by Gasteiger charge is 2.05. The smallest absolute Gasteiger partial charge is 0.404 e. The largest absolute Gasteiger partial charge is 0.469 e. The van der Waals surface area contributed by atoms with Crippen LogP contribution < -0.4 is 11.1 Å². The van der Waals surface area contributed by atoms with Crippen LogP contribution in [0.5, 0.6) is 0 Å². The molecule has 0 atom stereocenters. The zero-order chi connectivity index (χ0) is 13.4. The van der Waals surface area contributed by atoms with E-state index in [1.165, 1.54) is 7.11 Å². The maximum atomic E-state index is 11.1. The fourth-order valence-corrected chi connectivity index (χ4v) is 2.24. The summed E-state index contributed by atoms with van der Waals surface area (Å²) in [5.74, 6) is -0.244. The van der Waals surface area contributed by atoms with Gasteiger partial charge in [-0.2, -0.15) is 0 Å². The van der Waals surface area contributed by atoms with Crippen molar-refractivity contribution in [3.63, 3.8) is 0 Å². The molecule has 7 heteroatoms. The molecule has 3 N–H and O–H groups in total. The second-order valence-corrected chi connectivity index (χ2v) is 4.72. The molecule has 0 bridgehead atoms. The van der Waals surface area contributed by atoms with Crippen LogP contribution in [-0.4, -0.2) is 32.3 Å². The Bertz CT molecular complexity index is 406. The summed E-state index contributed by atoms with van der Waals surface area (Å²) in [4.78, 5) is 23.4. The molecular weight excluding hydrogens is 256 g/mol. The molecule has 1 rings (SSSR count). The fourth-order valence-electron chi connectivity index (χ4n) is 1.26. The Kier molecular flexibility index (Phi) is 6.16. The molecule has 6 nitrogen and oxygen atoms in total. The maximum Gasteiger partial charge on any atom is 0.404 e. The number of hydrogen-bond acceptors (Lipinski definition) is 6. The number of carbonyl (C=O) groups is 2. The third-order valence-corrected chi connectivity index (χ3v) is 3.17. The van der Waals surface area contributed by atoms with Crippen molar-refractivity contribution in [1.29, 1.82) is 0 Å². The summed E-state index contributed by atoms with van der Waals surface area (Å²) in [5, 5.41) is 3.10. The van der Waals surface area contributed by atoms with Crippen LogP contribution in [0.3, 0.4) is 0 Å². The minimum Gasteiger partial charge on any atom is -0.469 e. The molecule has 1 aromatic rings. The molecule has 0 aliphatic carbocycles. The van der Waals surface area contributed by atoms with E-state index >= 15 is 0 Å². The first kappa shape index (κ1) is 14.5. The van der Waals surface area contributed by atoms with Crippen LogP contribution >= 0.6 is 11.3 Å². The summed E-state index contributed by atoms with van der Waals surface area (Å²) in [6.45, 7) is 1.44. The number of esters is 1. The van der Waals surface area contributed by atoms with Crippen LogP contribution in [-0.2, 0) is 27.2 Å². The molecule has 0 saturated heterocycles. The number of hydrogen-bond donors (Lipinski definition) is 2. The predicted octanol–water partition coefficient (Wildman–Crippen LogP) is 0.648. The Balaban J connectivity index is 2.23. The number of methoxy groups -OCH3 is 1. The van der Waals surface area contributed by atoms with E-state index in [4.69, 9.17) is 5.73 Å². The van der Waals surface area contributed by atoms with Crippen LogP contribution in [0.25, 0.3) is 0 Å². The lowest BCUT2D eigenvalue weighted by molar-refractivity contribution is -0.139. The predicted molar refractivity (Wildman–Crippen MR) is 67.3 cm³/mol. The molecule has 0 radical (unpaired) electrons. The van der Waals surface area contributed by atoms with Gasteiger partial charge in [-0.1, -0.05) is 0 Å². The zero-order valence-electron chi connectivity index (χ0n) is 10.1. The van der Waals surface area contributed by atoms with Gasteiger partial charge in [0.1, 0.15) is 6.61 Å². The van der Waals surface area contributed by atoms with Crippen molar-refractivity contribution in [2.75, 3.05) is 20.3 Å². The van der Waals surface area contributed by atoms with E-state index in [2.05, 4.69) is 14.8 Å². The second-order valence-electron chi connectivity index (χ2n) is 3.47. The molecule has 1 aromatic heterocycles. The van der Waals surface area contributed by atoms with E-state index < -0.39 is 6.09 Å². The Labute approximate surface area is 109 Å². The number of ether oxygens (including phenoxy) is 2. The van der Waals surface area contributed by atoms with Crippen LogP contribution in [0.15, 0.2) is 12.1 Å². The molecule has 0 aliphatic heterocycles. The van der Waals surface area contributed by atoms with Gasteiger partial charge in [-0.25, -0.2) is 4.79 Å². The van der Waals surface area contributed by atoms with Gasteiger partial charge in [0.2, 0.25) is 0 Å². The number of nitrogens with one attached hydrogen (secondary N) is 1. The number of carbonyl (C=O) groups excluding carboxylic acids is 2. The highest BCUT2D eigenvalue weighted by Crippen LogP contribution is 2.17. The number of nitrogens with two attached hydrogens (primary N) is 1. The first-order chi connectivity index (χ1) is 8.61. The highest BCUT2D eigenvalue weighted by molar-refractivity contribution is 7.12. The highest BCUT2D eigenvalue weighted by atomic mass is 32.1. The zero-order valence-corrected chi connectivity index (χ0v) is 10.9. The van der Waals surface area contributed by atoms with Crippen LogP contribution in [0.4, 0.5) is 4.79 Å². The molecule has 0 aliphatic rings. The van der Waals surface area contributed by atoms with Gasteiger partial charge in [0.05, 0.1) is 13.5 Å². The summed E-state index contributed by atoms with van der Waals surface area (Å²) in [6, 6.07) is 3.85. The topological polar surface area (TPSA) is 90.7 Å². The number of amides is 1. The van der Waals surface area contributed by atoms with Crippen LogP contribution in [0.1, 0.15) is 9.75 Å². The Morgan fingerprint density at radius 3 is 2.78 bits per heavy atom. The van der Waals surface area contributed by atoms with Gasteiger partial charge in [-0.3, -0.25) is 4.79 Å². The quantitative estimate of drug-likeness (QED) is 0.562. The standard InChI is InChI=1S/C11H16N2O4S/c1-16-10(14)6-8-2-3-9(18-8)7-13-4-5-17-11(12)15/h2-3,13H,4-7H2,1H3,(H2,12,15). The van der Waals surface area contributed by atoms with Gasteiger partial charge in [0.25, 0.3) is 0 Å². The first-order valence-electron chi connectivity index (χ1n) is 5.39. The van der Waals surface area contributed by atoms with Crippen molar-refractivity contribution in [3.8, 4) is 0 Å². The van der Waals surface area contributed by atoms with Crippen LogP contribution in [0.2, 0.25) is 0 Å². The van der Waals surface area contributed by atoms with Gasteiger partial charge >= 0.3 is 12.1 Å². The molecule has 100 valence electrons. The Morgan fingerprint density at radius 2 is 2.11 bits per heavy atom. The first-order valence-corrected chi connectivity index (χ1v) is 6.21. The lowest BCUT2D eigenvalue weighted by Gasteiger charge is -2.02. The lowest BCUT2D eigenvalue weighted by atomic mass is 10.3. The molecule has 1 heterocycles. The summed E-state index contributed by atoms with van der Waals surface area (Å²) in [7, 11) is 1.37. The Morgan fingerprint density at radius 1 is 1.39 bits per heavy atom. The van der Waals surface area contributed by atoms with Crippen LogP contribution in [0, 0.1) is 0 Å². The van der Waals surface area contributed by atoms with Gasteiger partial charge in [0.15, 0.2) is 0 Å². The average molecular weight is 272 g/mol. The maximum absolute atomic E-state index is 11.1. The number of rotatable bonds is 7. The molecule has 1 amide bonds. The third-order valence-electron chi connectivity index (χ3n) is 2.09. The average Bonchev–Trinajstić information content (AvgIpc) is 2.75. The van der Waals surface area contributed by atoms with Crippen molar-refractivity contribution in [2.24, 2.45) is 5.73 Å². The SMILES string of the molecule is COC(=O)Cc1ccc(CNCCOC(N)=O)s1. The van der Waals surface area contributed by atoms with Gasteiger partial charge in [-0.05, 0) is 12.1 Å². The molecule has 0 saturated carbocycles.